The number of ether oxygens (including phenoxy) is 4. The van der Waals surface area contributed by atoms with Crippen LogP contribution in [0.3, 0.4) is 0 Å². The quantitative estimate of drug-likeness (QED) is 0.316. The number of imide groups is 1. The van der Waals surface area contributed by atoms with Crippen LogP contribution in [-0.4, -0.2) is 63.5 Å². The van der Waals surface area contributed by atoms with Crippen molar-refractivity contribution in [3.8, 4) is 17.7 Å². The Morgan fingerprint density at radius 2 is 1.52 bits per heavy atom. The summed E-state index contributed by atoms with van der Waals surface area (Å²) in [5.74, 6) is 2.60. The van der Waals surface area contributed by atoms with Crippen molar-refractivity contribution in [2.75, 3.05) is 46.8 Å². The third kappa shape index (κ3) is 5.15. The highest BCUT2D eigenvalue weighted by atomic mass is 16.6. The fraction of sp³-hybridized carbons (Fsp3) is 0.308. The van der Waals surface area contributed by atoms with Crippen molar-refractivity contribution in [3.05, 3.63) is 65.8 Å². The molecule has 33 heavy (non-hydrogen) atoms. The van der Waals surface area contributed by atoms with E-state index in [1.807, 2.05) is 30.4 Å². The standard InChI is InChI=1S/C26H25NO6/c1-30-13-14-31-15-16-32-17-18-33-23-10-9-22-24-20(23)7-4-8-21(24)25(28)27(26(22)29)12-11-19-5-2-3-6-19/h2-10,19H,13-18H2,1H3. The summed E-state index contributed by atoms with van der Waals surface area (Å²) < 4.78 is 21.7. The van der Waals surface area contributed by atoms with Crippen molar-refractivity contribution in [2.24, 2.45) is 5.92 Å². The van der Waals surface area contributed by atoms with Crippen molar-refractivity contribution < 1.29 is 28.5 Å². The Bertz CT molecular complexity index is 1120. The lowest BCUT2D eigenvalue weighted by molar-refractivity contribution is 0.0181. The Labute approximate surface area is 192 Å². The van der Waals surface area contributed by atoms with E-state index in [1.165, 1.54) is 0 Å². The third-order valence-corrected chi connectivity index (χ3v) is 5.25. The molecule has 0 aromatic heterocycles. The van der Waals surface area contributed by atoms with Crippen molar-refractivity contribution in [2.45, 2.75) is 0 Å². The van der Waals surface area contributed by atoms with Crippen LogP contribution in [-0.2, 0) is 14.2 Å². The topological polar surface area (TPSA) is 74.3 Å². The van der Waals surface area contributed by atoms with Gasteiger partial charge in [-0.25, -0.2) is 0 Å². The van der Waals surface area contributed by atoms with Crippen LogP contribution < -0.4 is 4.74 Å². The van der Waals surface area contributed by atoms with E-state index in [0.29, 0.717) is 67.3 Å². The Hall–Kier alpha value is -3.44. The molecular weight excluding hydrogens is 422 g/mol. The Morgan fingerprint density at radius 3 is 2.24 bits per heavy atom. The highest BCUT2D eigenvalue weighted by Gasteiger charge is 2.33. The highest BCUT2D eigenvalue weighted by molar-refractivity contribution is 6.26. The molecule has 2 amide bonds. The Kier molecular flexibility index (Phi) is 7.53. The van der Waals surface area contributed by atoms with Gasteiger partial charge in [0.2, 0.25) is 0 Å². The molecule has 0 bridgehead atoms. The molecule has 2 aliphatic rings. The molecule has 2 aromatic rings. The van der Waals surface area contributed by atoms with Crippen LogP contribution in [0.2, 0.25) is 0 Å². The number of carbonyl (C=O) groups excluding carboxylic acids is 2. The molecule has 7 nitrogen and oxygen atoms in total. The molecule has 1 heterocycles. The maximum atomic E-state index is 13.0. The van der Waals surface area contributed by atoms with Crippen LogP contribution in [0.4, 0.5) is 0 Å². The van der Waals surface area contributed by atoms with Crippen molar-refractivity contribution in [1.82, 2.24) is 4.90 Å². The third-order valence-electron chi connectivity index (χ3n) is 5.25. The molecule has 0 radical (unpaired) electrons. The van der Waals surface area contributed by atoms with E-state index in [0.717, 1.165) is 4.90 Å². The summed E-state index contributed by atoms with van der Waals surface area (Å²) >= 11 is 0. The Balaban J connectivity index is 1.43. The maximum Gasteiger partial charge on any atom is 0.273 e. The minimum atomic E-state index is -0.425. The molecule has 0 fully saturated rings. The number of benzene rings is 2. The second-order valence-electron chi connectivity index (χ2n) is 7.40. The van der Waals surface area contributed by atoms with Gasteiger partial charge in [-0.05, 0) is 18.2 Å². The minimum Gasteiger partial charge on any atom is -0.491 e. The van der Waals surface area contributed by atoms with Gasteiger partial charge in [0.05, 0.1) is 39.0 Å². The van der Waals surface area contributed by atoms with Crippen LogP contribution >= 0.6 is 0 Å². The molecule has 0 unspecified atom stereocenters. The van der Waals surface area contributed by atoms with Crippen molar-refractivity contribution in [3.63, 3.8) is 0 Å². The van der Waals surface area contributed by atoms with Gasteiger partial charge in [0.25, 0.3) is 11.8 Å². The van der Waals surface area contributed by atoms with Gasteiger partial charge in [-0.1, -0.05) is 42.4 Å². The molecule has 1 aliphatic carbocycles. The fourth-order valence-electron chi connectivity index (χ4n) is 3.64. The zero-order valence-corrected chi connectivity index (χ0v) is 18.4. The van der Waals surface area contributed by atoms with Gasteiger partial charge >= 0.3 is 0 Å². The molecule has 7 heteroatoms. The number of methoxy groups -OCH3 is 1. The van der Waals surface area contributed by atoms with E-state index in [4.69, 9.17) is 18.9 Å². The molecule has 1 aliphatic heterocycles. The van der Waals surface area contributed by atoms with Crippen LogP contribution in [0.5, 0.6) is 5.75 Å². The number of hydrogen-bond acceptors (Lipinski definition) is 6. The Morgan fingerprint density at radius 1 is 0.848 bits per heavy atom. The van der Waals surface area contributed by atoms with Gasteiger partial charge in [-0.3, -0.25) is 9.59 Å². The van der Waals surface area contributed by atoms with E-state index < -0.39 is 11.8 Å². The predicted octanol–water partition coefficient (Wildman–Crippen LogP) is 3.20. The predicted molar refractivity (Wildman–Crippen MR) is 123 cm³/mol. The van der Waals surface area contributed by atoms with E-state index >= 15 is 0 Å². The average Bonchev–Trinajstić information content (AvgIpc) is 3.35. The molecule has 0 spiro atoms. The van der Waals surface area contributed by atoms with Gasteiger partial charge in [0.1, 0.15) is 12.4 Å². The first kappa shape index (κ1) is 22.7. The number of amides is 2. The lowest BCUT2D eigenvalue weighted by atomic mass is 9.93. The minimum absolute atomic E-state index is 0.0993. The summed E-state index contributed by atoms with van der Waals surface area (Å²) in [6, 6.07) is 11.5. The first-order valence-corrected chi connectivity index (χ1v) is 10.8. The average molecular weight is 447 g/mol. The van der Waals surface area contributed by atoms with Gasteiger partial charge in [-0.2, -0.15) is 4.90 Å². The molecule has 0 N–H and O–H groups in total. The molecule has 2 aromatic carbocycles. The molecule has 0 atom stereocenters. The monoisotopic (exact) mass is 447 g/mol. The molecule has 170 valence electrons. The van der Waals surface area contributed by atoms with Crippen LogP contribution in [0.25, 0.3) is 10.8 Å². The van der Waals surface area contributed by atoms with Gasteiger partial charge in [0, 0.05) is 35.1 Å². The zero-order valence-electron chi connectivity index (χ0n) is 18.4. The van der Waals surface area contributed by atoms with Crippen molar-refractivity contribution >= 4 is 22.6 Å². The van der Waals surface area contributed by atoms with E-state index in [2.05, 4.69) is 12.0 Å². The first-order valence-electron chi connectivity index (χ1n) is 10.8. The number of nitrogens with zero attached hydrogens (tertiary/aromatic N) is 1. The summed E-state index contributed by atoms with van der Waals surface area (Å²) in [5.41, 5.74) is 0.868. The molecular formula is C26H25NO6. The summed E-state index contributed by atoms with van der Waals surface area (Å²) in [7, 11) is 1.63. The molecule has 0 saturated heterocycles. The zero-order chi connectivity index (χ0) is 23.0. The number of hydrogen-bond donors (Lipinski definition) is 0. The molecule has 4 rings (SSSR count). The first-order chi connectivity index (χ1) is 16.2. The number of carbonyl (C=O) groups is 2. The van der Waals surface area contributed by atoms with E-state index in [-0.39, 0.29) is 5.92 Å². The maximum absolute atomic E-state index is 13.0. The van der Waals surface area contributed by atoms with Crippen molar-refractivity contribution in [1.29, 1.82) is 0 Å². The summed E-state index contributed by atoms with van der Waals surface area (Å²) in [6.45, 7) is 2.76. The number of allylic oxidation sites excluding steroid dienone is 4. The summed E-state index contributed by atoms with van der Waals surface area (Å²) in [4.78, 5) is 27.1. The summed E-state index contributed by atoms with van der Waals surface area (Å²) in [5, 5.41) is 1.31. The summed E-state index contributed by atoms with van der Waals surface area (Å²) in [6.07, 6.45) is 7.59. The largest absolute Gasteiger partial charge is 0.491 e. The lowest BCUT2D eigenvalue weighted by Crippen LogP contribution is -2.36. The lowest BCUT2D eigenvalue weighted by Gasteiger charge is -2.23. The number of rotatable bonds is 10. The van der Waals surface area contributed by atoms with Gasteiger partial charge in [0.15, 0.2) is 0 Å². The smallest absolute Gasteiger partial charge is 0.273 e. The normalized spacial score (nSPS) is 14.8. The highest BCUT2D eigenvalue weighted by Crippen LogP contribution is 2.35. The van der Waals surface area contributed by atoms with E-state index in [1.54, 1.807) is 31.4 Å². The van der Waals surface area contributed by atoms with Gasteiger partial charge in [-0.15, -0.1) is 0 Å². The second-order valence-corrected chi connectivity index (χ2v) is 7.40. The van der Waals surface area contributed by atoms with E-state index in [9.17, 15) is 9.59 Å². The van der Waals surface area contributed by atoms with Crippen LogP contribution in [0.1, 0.15) is 20.7 Å². The van der Waals surface area contributed by atoms with Gasteiger partial charge < -0.3 is 18.9 Å². The van der Waals surface area contributed by atoms with Crippen LogP contribution in [0.15, 0.2) is 54.6 Å². The molecule has 0 saturated carbocycles. The fourth-order valence-corrected chi connectivity index (χ4v) is 3.64. The SMILES string of the molecule is COCCOCCOCCOc1ccc2c3c(cccc13)C(=O)N(C#CC1C=CC=C1)C2=O. The second kappa shape index (κ2) is 10.9. The van der Waals surface area contributed by atoms with Crippen LogP contribution in [0, 0.1) is 17.9 Å².